The molecule has 132 valence electrons. The van der Waals surface area contributed by atoms with Gasteiger partial charge in [-0.3, -0.25) is 14.5 Å². The number of carbonyl (C=O) groups excluding carboxylic acids is 2. The Morgan fingerprint density at radius 2 is 1.62 bits per heavy atom. The zero-order chi connectivity index (χ0) is 18.4. The molecule has 1 unspecified atom stereocenters. The SMILES string of the molecule is CN(Cc1ccccc1)C(NC(=O)c1cccs1)C(=O)c1ccccc1. The highest BCUT2D eigenvalue weighted by Gasteiger charge is 2.27. The van der Waals surface area contributed by atoms with Crippen LogP contribution in [-0.4, -0.2) is 29.8 Å². The number of likely N-dealkylation sites (N-methyl/N-ethyl adjacent to an activating group) is 1. The van der Waals surface area contributed by atoms with Gasteiger partial charge in [0.2, 0.25) is 0 Å². The van der Waals surface area contributed by atoms with Gasteiger partial charge in [-0.05, 0) is 24.1 Å². The zero-order valence-electron chi connectivity index (χ0n) is 14.5. The summed E-state index contributed by atoms with van der Waals surface area (Å²) in [5, 5.41) is 4.73. The minimum absolute atomic E-state index is 0.131. The van der Waals surface area contributed by atoms with Gasteiger partial charge in [0, 0.05) is 12.1 Å². The second kappa shape index (κ2) is 8.56. The van der Waals surface area contributed by atoms with Crippen molar-refractivity contribution in [3.8, 4) is 0 Å². The fourth-order valence-corrected chi connectivity index (χ4v) is 3.33. The lowest BCUT2D eigenvalue weighted by molar-refractivity contribution is 0.0720. The summed E-state index contributed by atoms with van der Waals surface area (Å²) in [4.78, 5) is 28.0. The van der Waals surface area contributed by atoms with Crippen molar-refractivity contribution in [2.24, 2.45) is 0 Å². The molecule has 0 aliphatic heterocycles. The minimum atomic E-state index is -0.743. The number of rotatable bonds is 7. The third-order valence-corrected chi connectivity index (χ3v) is 4.90. The van der Waals surface area contributed by atoms with Crippen LogP contribution < -0.4 is 5.32 Å². The van der Waals surface area contributed by atoms with E-state index in [4.69, 9.17) is 0 Å². The number of benzene rings is 2. The van der Waals surface area contributed by atoms with Gasteiger partial charge >= 0.3 is 0 Å². The molecule has 0 aliphatic rings. The number of thiophene rings is 1. The summed E-state index contributed by atoms with van der Waals surface area (Å²) >= 11 is 1.35. The Labute approximate surface area is 157 Å². The van der Waals surface area contributed by atoms with Gasteiger partial charge in [0.25, 0.3) is 5.91 Å². The minimum Gasteiger partial charge on any atom is -0.329 e. The quantitative estimate of drug-likeness (QED) is 0.512. The largest absolute Gasteiger partial charge is 0.329 e. The molecule has 0 saturated heterocycles. The maximum Gasteiger partial charge on any atom is 0.262 e. The van der Waals surface area contributed by atoms with Crippen molar-refractivity contribution in [2.75, 3.05) is 7.05 Å². The standard InChI is InChI=1S/C21H20N2O2S/c1-23(15-16-9-4-2-5-10-16)20(19(24)17-11-6-3-7-12-17)22-21(25)18-13-8-14-26-18/h2-14,20H,15H2,1H3,(H,22,25). The summed E-state index contributed by atoms with van der Waals surface area (Å²) in [6, 6.07) is 22.5. The first-order chi connectivity index (χ1) is 12.6. The van der Waals surface area contributed by atoms with E-state index in [1.807, 2.05) is 71.9 Å². The average molecular weight is 364 g/mol. The maximum atomic E-state index is 13.0. The van der Waals surface area contributed by atoms with E-state index in [9.17, 15) is 9.59 Å². The van der Waals surface area contributed by atoms with Crippen molar-refractivity contribution in [1.29, 1.82) is 0 Å². The molecule has 0 saturated carbocycles. The number of nitrogens with one attached hydrogen (secondary N) is 1. The first-order valence-corrected chi connectivity index (χ1v) is 9.21. The molecule has 1 heterocycles. The van der Waals surface area contributed by atoms with Gasteiger partial charge in [0.1, 0.15) is 6.17 Å². The fraction of sp³-hybridized carbons (Fsp3) is 0.143. The van der Waals surface area contributed by atoms with Gasteiger partial charge in [-0.15, -0.1) is 11.3 Å². The Bertz CT molecular complexity index is 848. The molecule has 2 aromatic carbocycles. The molecule has 1 amide bonds. The predicted molar refractivity (Wildman–Crippen MR) is 104 cm³/mol. The molecule has 0 radical (unpaired) electrons. The predicted octanol–water partition coefficient (Wildman–Crippen LogP) is 3.82. The lowest BCUT2D eigenvalue weighted by atomic mass is 10.1. The lowest BCUT2D eigenvalue weighted by Crippen LogP contribution is -2.51. The second-order valence-corrected chi connectivity index (χ2v) is 6.93. The molecule has 3 rings (SSSR count). The normalized spacial score (nSPS) is 11.9. The van der Waals surface area contributed by atoms with Crippen LogP contribution in [0.2, 0.25) is 0 Å². The van der Waals surface area contributed by atoms with Crippen LogP contribution in [-0.2, 0) is 6.54 Å². The molecule has 1 aromatic heterocycles. The molecular formula is C21H20N2O2S. The van der Waals surface area contributed by atoms with Crippen molar-refractivity contribution in [2.45, 2.75) is 12.7 Å². The third-order valence-electron chi connectivity index (χ3n) is 4.04. The van der Waals surface area contributed by atoms with Crippen LogP contribution in [0, 0.1) is 0 Å². The number of nitrogens with zero attached hydrogens (tertiary/aromatic N) is 1. The first-order valence-electron chi connectivity index (χ1n) is 8.33. The summed E-state index contributed by atoms with van der Waals surface area (Å²) < 4.78 is 0. The summed E-state index contributed by atoms with van der Waals surface area (Å²) in [6.45, 7) is 0.550. The fourth-order valence-electron chi connectivity index (χ4n) is 2.70. The number of hydrogen-bond donors (Lipinski definition) is 1. The number of carbonyl (C=O) groups is 2. The van der Waals surface area contributed by atoms with Crippen molar-refractivity contribution in [3.63, 3.8) is 0 Å². The van der Waals surface area contributed by atoms with E-state index in [1.54, 1.807) is 18.2 Å². The van der Waals surface area contributed by atoms with E-state index in [0.717, 1.165) is 5.56 Å². The van der Waals surface area contributed by atoms with Crippen LogP contribution >= 0.6 is 11.3 Å². The van der Waals surface area contributed by atoms with E-state index in [0.29, 0.717) is 17.0 Å². The number of amides is 1. The topological polar surface area (TPSA) is 49.4 Å². The monoisotopic (exact) mass is 364 g/mol. The Kier molecular flexibility index (Phi) is 5.94. The Balaban J connectivity index is 1.82. The molecule has 26 heavy (non-hydrogen) atoms. The molecule has 0 spiro atoms. The van der Waals surface area contributed by atoms with Gasteiger partial charge < -0.3 is 5.32 Å². The molecule has 4 nitrogen and oxygen atoms in total. The maximum absolute atomic E-state index is 13.0. The summed E-state index contributed by atoms with van der Waals surface area (Å²) in [5.41, 5.74) is 1.65. The summed E-state index contributed by atoms with van der Waals surface area (Å²) in [6.07, 6.45) is -0.743. The van der Waals surface area contributed by atoms with Crippen LogP contribution in [0.25, 0.3) is 0 Å². The molecule has 1 N–H and O–H groups in total. The van der Waals surface area contributed by atoms with E-state index < -0.39 is 6.17 Å². The van der Waals surface area contributed by atoms with E-state index >= 15 is 0 Å². The average Bonchev–Trinajstić information content (AvgIpc) is 3.22. The molecule has 5 heteroatoms. The number of Topliss-reactive ketones (excluding diaryl/α,β-unsaturated/α-hetero) is 1. The summed E-state index contributed by atoms with van der Waals surface area (Å²) in [7, 11) is 1.84. The van der Waals surface area contributed by atoms with Crippen LogP contribution in [0.5, 0.6) is 0 Å². The van der Waals surface area contributed by atoms with Gasteiger partial charge in [-0.2, -0.15) is 0 Å². The zero-order valence-corrected chi connectivity index (χ0v) is 15.3. The smallest absolute Gasteiger partial charge is 0.262 e. The Morgan fingerprint density at radius 1 is 0.962 bits per heavy atom. The molecule has 0 bridgehead atoms. The molecular weight excluding hydrogens is 344 g/mol. The van der Waals surface area contributed by atoms with E-state index in [1.165, 1.54) is 11.3 Å². The number of ketones is 1. The van der Waals surface area contributed by atoms with Crippen molar-refractivity contribution >= 4 is 23.0 Å². The van der Waals surface area contributed by atoms with Gasteiger partial charge in [0.15, 0.2) is 5.78 Å². The number of hydrogen-bond acceptors (Lipinski definition) is 4. The van der Waals surface area contributed by atoms with Crippen LogP contribution in [0.15, 0.2) is 78.2 Å². The van der Waals surface area contributed by atoms with Crippen LogP contribution in [0.3, 0.4) is 0 Å². The van der Waals surface area contributed by atoms with Gasteiger partial charge in [0.05, 0.1) is 4.88 Å². The second-order valence-electron chi connectivity index (χ2n) is 5.98. The molecule has 1 atom stereocenters. The first kappa shape index (κ1) is 18.0. The molecule has 0 aliphatic carbocycles. The Hall–Kier alpha value is -2.76. The Morgan fingerprint density at radius 3 is 2.23 bits per heavy atom. The highest BCUT2D eigenvalue weighted by molar-refractivity contribution is 7.12. The van der Waals surface area contributed by atoms with Gasteiger partial charge in [-0.1, -0.05) is 66.7 Å². The molecule has 3 aromatic rings. The van der Waals surface area contributed by atoms with Gasteiger partial charge in [-0.25, -0.2) is 0 Å². The van der Waals surface area contributed by atoms with Crippen molar-refractivity contribution in [3.05, 3.63) is 94.2 Å². The highest BCUT2D eigenvalue weighted by atomic mass is 32.1. The van der Waals surface area contributed by atoms with Crippen molar-refractivity contribution < 1.29 is 9.59 Å². The molecule has 0 fully saturated rings. The highest BCUT2D eigenvalue weighted by Crippen LogP contribution is 2.13. The van der Waals surface area contributed by atoms with E-state index in [-0.39, 0.29) is 11.7 Å². The third kappa shape index (κ3) is 4.45. The van der Waals surface area contributed by atoms with Crippen LogP contribution in [0.1, 0.15) is 25.6 Å². The van der Waals surface area contributed by atoms with E-state index in [2.05, 4.69) is 5.32 Å². The van der Waals surface area contributed by atoms with Crippen LogP contribution in [0.4, 0.5) is 0 Å². The lowest BCUT2D eigenvalue weighted by Gasteiger charge is -2.27. The van der Waals surface area contributed by atoms with Crippen molar-refractivity contribution in [1.82, 2.24) is 10.2 Å². The summed E-state index contributed by atoms with van der Waals surface area (Å²) in [5.74, 6) is -0.372.